The van der Waals surface area contributed by atoms with Crippen LogP contribution in [0.15, 0.2) is 83.3 Å². The molecule has 0 fully saturated rings. The maximum absolute atomic E-state index is 13.2. The average molecular weight is 425 g/mol. The third-order valence-electron chi connectivity index (χ3n) is 6.32. The van der Waals surface area contributed by atoms with E-state index in [2.05, 4.69) is 53.5 Å². The Bertz CT molecular complexity index is 1270. The molecule has 1 N–H and O–H groups in total. The van der Waals surface area contributed by atoms with Crippen molar-refractivity contribution < 1.29 is 9.21 Å². The molecule has 1 unspecified atom stereocenters. The Labute approximate surface area is 188 Å². The summed E-state index contributed by atoms with van der Waals surface area (Å²) in [6.45, 7) is 3.95. The third kappa shape index (κ3) is 4.06. The van der Waals surface area contributed by atoms with E-state index in [-0.39, 0.29) is 12.1 Å². The fourth-order valence-electron chi connectivity index (χ4n) is 4.60. The summed E-state index contributed by atoms with van der Waals surface area (Å²) in [5.41, 5.74) is 5.01. The summed E-state index contributed by atoms with van der Waals surface area (Å²) in [6.07, 6.45) is 5.27. The number of fused-ring (bicyclic) bond motifs is 3. The zero-order chi connectivity index (χ0) is 21.9. The van der Waals surface area contributed by atoms with Crippen LogP contribution in [0.2, 0.25) is 0 Å². The highest BCUT2D eigenvalue weighted by Gasteiger charge is 2.23. The molecule has 1 aromatic heterocycles. The summed E-state index contributed by atoms with van der Waals surface area (Å²) >= 11 is 0. The van der Waals surface area contributed by atoms with Crippen LogP contribution in [0.4, 0.5) is 0 Å². The van der Waals surface area contributed by atoms with E-state index >= 15 is 0 Å². The first-order valence-electron chi connectivity index (χ1n) is 11.4. The lowest BCUT2D eigenvalue weighted by Crippen LogP contribution is -2.49. The van der Waals surface area contributed by atoms with Crippen LogP contribution in [-0.2, 0) is 0 Å². The molecule has 0 saturated heterocycles. The quantitative estimate of drug-likeness (QED) is 0.399. The van der Waals surface area contributed by atoms with Gasteiger partial charge >= 0.3 is 0 Å². The molecule has 162 valence electrons. The largest absolute Gasteiger partial charge is 0.456 e. The van der Waals surface area contributed by atoms with Gasteiger partial charge in [-0.1, -0.05) is 68.0 Å². The number of para-hydroxylation sites is 1. The van der Waals surface area contributed by atoms with Crippen molar-refractivity contribution in [2.75, 3.05) is 13.1 Å². The lowest BCUT2D eigenvalue weighted by Gasteiger charge is -2.34. The number of nitrogens with one attached hydrogen (secondary N) is 1. The van der Waals surface area contributed by atoms with E-state index in [1.54, 1.807) is 0 Å². The zero-order valence-corrected chi connectivity index (χ0v) is 18.4. The van der Waals surface area contributed by atoms with E-state index < -0.39 is 0 Å². The minimum atomic E-state index is -0.0338. The van der Waals surface area contributed by atoms with Crippen LogP contribution >= 0.6 is 0 Å². The summed E-state index contributed by atoms with van der Waals surface area (Å²) in [5, 5.41) is 5.31. The van der Waals surface area contributed by atoms with Gasteiger partial charge in [-0.3, -0.25) is 9.69 Å². The van der Waals surface area contributed by atoms with Gasteiger partial charge in [0.05, 0.1) is 6.17 Å². The number of benzene rings is 3. The summed E-state index contributed by atoms with van der Waals surface area (Å²) < 4.78 is 5.90. The molecular weight excluding hydrogens is 396 g/mol. The molecule has 4 aromatic rings. The first-order valence-corrected chi connectivity index (χ1v) is 11.4. The Balaban J connectivity index is 1.33. The molecule has 4 nitrogen and oxygen atoms in total. The van der Waals surface area contributed by atoms with Crippen molar-refractivity contribution in [3.63, 3.8) is 0 Å². The Morgan fingerprint density at radius 1 is 1.00 bits per heavy atom. The SMILES string of the molecule is CCCC(NC(=O)c1ccc2oc3ccccc3c2c1)N1CC=C(c2ccccc2)CC1. The standard InChI is InChI=1S/C28H28N2O2/c1-2-8-27(30-17-15-21(16-18-30)20-9-4-3-5-10-20)29-28(31)22-13-14-26-24(19-22)23-11-6-7-12-25(23)32-26/h3-7,9-15,19,27H,2,8,16-18H2,1H3,(H,29,31). The van der Waals surface area contributed by atoms with E-state index in [1.165, 1.54) is 11.1 Å². The molecule has 1 atom stereocenters. The highest BCUT2D eigenvalue weighted by molar-refractivity contribution is 6.08. The number of carbonyl (C=O) groups is 1. The molecule has 1 aliphatic rings. The van der Waals surface area contributed by atoms with Crippen molar-refractivity contribution in [2.24, 2.45) is 0 Å². The highest BCUT2D eigenvalue weighted by atomic mass is 16.3. The van der Waals surface area contributed by atoms with Gasteiger partial charge in [0.15, 0.2) is 0 Å². The normalized spacial score (nSPS) is 15.6. The van der Waals surface area contributed by atoms with Crippen molar-refractivity contribution in [1.82, 2.24) is 10.2 Å². The number of hydrogen-bond donors (Lipinski definition) is 1. The van der Waals surface area contributed by atoms with Gasteiger partial charge in [-0.05, 0) is 48.2 Å². The van der Waals surface area contributed by atoms with E-state index in [1.807, 2.05) is 42.5 Å². The van der Waals surface area contributed by atoms with Crippen LogP contribution in [-0.4, -0.2) is 30.1 Å². The molecule has 2 heterocycles. The van der Waals surface area contributed by atoms with E-state index in [4.69, 9.17) is 4.42 Å². The average Bonchev–Trinajstić information content (AvgIpc) is 3.22. The van der Waals surface area contributed by atoms with Crippen molar-refractivity contribution in [1.29, 1.82) is 0 Å². The van der Waals surface area contributed by atoms with Gasteiger partial charge in [-0.2, -0.15) is 0 Å². The highest BCUT2D eigenvalue weighted by Crippen LogP contribution is 2.29. The zero-order valence-electron chi connectivity index (χ0n) is 18.4. The maximum atomic E-state index is 13.2. The van der Waals surface area contributed by atoms with Crippen LogP contribution in [0, 0.1) is 0 Å². The second kappa shape index (κ2) is 9.01. The minimum absolute atomic E-state index is 0.0258. The van der Waals surface area contributed by atoms with Crippen LogP contribution < -0.4 is 5.32 Å². The van der Waals surface area contributed by atoms with E-state index in [0.29, 0.717) is 5.56 Å². The van der Waals surface area contributed by atoms with Gasteiger partial charge in [-0.25, -0.2) is 0 Å². The fraction of sp³-hybridized carbons (Fsp3) is 0.250. The van der Waals surface area contributed by atoms with Gasteiger partial charge in [0.1, 0.15) is 11.2 Å². The Kier molecular flexibility index (Phi) is 5.78. The van der Waals surface area contributed by atoms with Gasteiger partial charge in [-0.15, -0.1) is 0 Å². The van der Waals surface area contributed by atoms with Gasteiger partial charge < -0.3 is 9.73 Å². The van der Waals surface area contributed by atoms with Gasteiger partial charge in [0.25, 0.3) is 5.91 Å². The van der Waals surface area contributed by atoms with Crippen molar-refractivity contribution >= 4 is 33.4 Å². The number of amides is 1. The first-order chi connectivity index (χ1) is 15.7. The molecule has 1 aliphatic heterocycles. The minimum Gasteiger partial charge on any atom is -0.456 e. The lowest BCUT2D eigenvalue weighted by atomic mass is 9.99. The fourth-order valence-corrected chi connectivity index (χ4v) is 4.60. The van der Waals surface area contributed by atoms with E-state index in [9.17, 15) is 4.79 Å². The van der Waals surface area contributed by atoms with E-state index in [0.717, 1.165) is 54.3 Å². The molecule has 0 radical (unpaired) electrons. The molecule has 0 aliphatic carbocycles. The molecule has 32 heavy (non-hydrogen) atoms. The Hall–Kier alpha value is -3.37. The smallest absolute Gasteiger partial charge is 0.252 e. The van der Waals surface area contributed by atoms with Crippen LogP contribution in [0.5, 0.6) is 0 Å². The molecular formula is C28H28N2O2. The van der Waals surface area contributed by atoms with Crippen LogP contribution in [0.1, 0.15) is 42.1 Å². The molecule has 5 rings (SSSR count). The molecule has 0 spiro atoms. The Morgan fingerprint density at radius 2 is 1.78 bits per heavy atom. The number of rotatable bonds is 6. The molecule has 0 saturated carbocycles. The van der Waals surface area contributed by atoms with Crippen molar-refractivity contribution in [2.45, 2.75) is 32.4 Å². The second-order valence-corrected chi connectivity index (χ2v) is 8.43. The maximum Gasteiger partial charge on any atom is 0.252 e. The number of nitrogens with zero attached hydrogens (tertiary/aromatic N) is 1. The molecule has 1 amide bonds. The number of hydrogen-bond acceptors (Lipinski definition) is 3. The third-order valence-corrected chi connectivity index (χ3v) is 6.32. The topological polar surface area (TPSA) is 45.5 Å². The summed E-state index contributed by atoms with van der Waals surface area (Å²) in [4.78, 5) is 15.6. The van der Waals surface area contributed by atoms with Crippen LogP contribution in [0.3, 0.4) is 0 Å². The predicted molar refractivity (Wildman–Crippen MR) is 130 cm³/mol. The molecule has 4 heteroatoms. The van der Waals surface area contributed by atoms with Gasteiger partial charge in [0.2, 0.25) is 0 Å². The monoisotopic (exact) mass is 424 g/mol. The summed E-state index contributed by atoms with van der Waals surface area (Å²) in [7, 11) is 0. The number of carbonyl (C=O) groups excluding carboxylic acids is 1. The predicted octanol–water partition coefficient (Wildman–Crippen LogP) is 6.23. The summed E-state index contributed by atoms with van der Waals surface area (Å²) in [5.74, 6) is -0.0338. The molecule has 3 aromatic carbocycles. The second-order valence-electron chi connectivity index (χ2n) is 8.43. The van der Waals surface area contributed by atoms with Crippen molar-refractivity contribution in [3.05, 3.63) is 90.0 Å². The molecule has 0 bridgehead atoms. The summed E-state index contributed by atoms with van der Waals surface area (Å²) in [6, 6.07) is 24.2. The lowest BCUT2D eigenvalue weighted by molar-refractivity contribution is 0.0849. The van der Waals surface area contributed by atoms with Crippen LogP contribution in [0.25, 0.3) is 27.5 Å². The first kappa shape index (κ1) is 20.5. The van der Waals surface area contributed by atoms with Crippen molar-refractivity contribution in [3.8, 4) is 0 Å². The Morgan fingerprint density at radius 3 is 2.56 bits per heavy atom. The number of furan rings is 1. The van der Waals surface area contributed by atoms with Gasteiger partial charge in [0, 0.05) is 29.4 Å².